The standard InChI is InChI=1S/C18H17F3N4O2/c1-10-14(9-22-27-10)17(26)23-12-4-6-13(7-5-12)25-15(11-2-3-11)8-16(24-25)18(19,20)21/h4-9,11,17,23,26H,2-3H2,1H3. The molecule has 1 fully saturated rings. The van der Waals surface area contributed by atoms with Crippen molar-refractivity contribution in [3.8, 4) is 5.69 Å². The summed E-state index contributed by atoms with van der Waals surface area (Å²) in [5.41, 5.74) is 1.33. The van der Waals surface area contributed by atoms with Gasteiger partial charge in [-0.3, -0.25) is 0 Å². The van der Waals surface area contributed by atoms with Crippen molar-refractivity contribution in [2.75, 3.05) is 5.32 Å². The van der Waals surface area contributed by atoms with Gasteiger partial charge in [-0.2, -0.15) is 18.3 Å². The van der Waals surface area contributed by atoms with Gasteiger partial charge in [0.25, 0.3) is 0 Å². The molecule has 4 rings (SSSR count). The number of aryl methyl sites for hydroxylation is 1. The highest BCUT2D eigenvalue weighted by molar-refractivity contribution is 5.50. The first-order valence-corrected chi connectivity index (χ1v) is 8.46. The smallest absolute Gasteiger partial charge is 0.369 e. The molecule has 0 bridgehead atoms. The Kier molecular flexibility index (Phi) is 4.18. The number of hydrogen-bond acceptors (Lipinski definition) is 5. The van der Waals surface area contributed by atoms with E-state index in [9.17, 15) is 18.3 Å². The van der Waals surface area contributed by atoms with Gasteiger partial charge in [-0.1, -0.05) is 5.16 Å². The summed E-state index contributed by atoms with van der Waals surface area (Å²) in [6.45, 7) is 1.69. The Bertz CT molecular complexity index is 942. The van der Waals surface area contributed by atoms with Gasteiger partial charge in [-0.15, -0.1) is 0 Å². The van der Waals surface area contributed by atoms with E-state index < -0.39 is 18.1 Å². The van der Waals surface area contributed by atoms with Crippen molar-refractivity contribution in [3.05, 3.63) is 59.2 Å². The van der Waals surface area contributed by atoms with Gasteiger partial charge in [0.15, 0.2) is 11.9 Å². The van der Waals surface area contributed by atoms with Crippen molar-refractivity contribution in [1.82, 2.24) is 14.9 Å². The quantitative estimate of drug-likeness (QED) is 0.652. The molecule has 1 aromatic carbocycles. The van der Waals surface area contributed by atoms with Crippen LogP contribution in [-0.2, 0) is 6.18 Å². The summed E-state index contributed by atoms with van der Waals surface area (Å²) in [7, 11) is 0. The Balaban J connectivity index is 1.57. The first-order chi connectivity index (χ1) is 12.8. The minimum atomic E-state index is -4.48. The number of nitrogens with zero attached hydrogens (tertiary/aromatic N) is 3. The van der Waals surface area contributed by atoms with E-state index in [4.69, 9.17) is 4.52 Å². The van der Waals surface area contributed by atoms with Gasteiger partial charge in [0.1, 0.15) is 5.76 Å². The zero-order valence-corrected chi connectivity index (χ0v) is 14.4. The summed E-state index contributed by atoms with van der Waals surface area (Å²) < 4.78 is 45.4. The minimum absolute atomic E-state index is 0.116. The van der Waals surface area contributed by atoms with Crippen molar-refractivity contribution in [2.24, 2.45) is 0 Å². The highest BCUT2D eigenvalue weighted by atomic mass is 19.4. The lowest BCUT2D eigenvalue weighted by atomic mass is 10.2. The van der Waals surface area contributed by atoms with Gasteiger partial charge < -0.3 is 14.9 Å². The number of rotatable bonds is 5. The third kappa shape index (κ3) is 3.55. The largest absolute Gasteiger partial charge is 0.435 e. The van der Waals surface area contributed by atoms with Crippen molar-refractivity contribution in [1.29, 1.82) is 0 Å². The molecule has 1 saturated carbocycles. The number of hydrogen-bond donors (Lipinski definition) is 2. The molecule has 2 N–H and O–H groups in total. The van der Waals surface area contributed by atoms with E-state index in [1.165, 1.54) is 10.9 Å². The van der Waals surface area contributed by atoms with Crippen molar-refractivity contribution < 1.29 is 22.8 Å². The second kappa shape index (κ2) is 6.41. The van der Waals surface area contributed by atoms with Crippen LogP contribution in [-0.4, -0.2) is 20.0 Å². The molecule has 0 aliphatic heterocycles. The van der Waals surface area contributed by atoms with E-state index in [1.807, 2.05) is 0 Å². The molecule has 2 aromatic heterocycles. The average molecular weight is 378 g/mol. The van der Waals surface area contributed by atoms with Crippen LogP contribution in [0.25, 0.3) is 5.69 Å². The Morgan fingerprint density at radius 3 is 2.52 bits per heavy atom. The van der Waals surface area contributed by atoms with Crippen molar-refractivity contribution in [3.63, 3.8) is 0 Å². The average Bonchev–Trinajstić information content (AvgIpc) is 3.20. The Labute approximate surface area is 152 Å². The summed E-state index contributed by atoms with van der Waals surface area (Å²) >= 11 is 0. The van der Waals surface area contributed by atoms with Crippen LogP contribution in [0.4, 0.5) is 18.9 Å². The fourth-order valence-electron chi connectivity index (χ4n) is 2.91. The second-order valence-electron chi connectivity index (χ2n) is 6.57. The highest BCUT2D eigenvalue weighted by Gasteiger charge is 2.38. The summed E-state index contributed by atoms with van der Waals surface area (Å²) in [6, 6.07) is 7.80. The number of alkyl halides is 3. The zero-order chi connectivity index (χ0) is 19.2. The molecule has 0 saturated heterocycles. The van der Waals surface area contributed by atoms with Gasteiger partial charge >= 0.3 is 6.18 Å². The van der Waals surface area contributed by atoms with E-state index in [0.717, 1.165) is 18.9 Å². The number of halogens is 3. The molecule has 1 aliphatic rings. The number of nitrogens with one attached hydrogen (secondary N) is 1. The fourth-order valence-corrected chi connectivity index (χ4v) is 2.91. The minimum Gasteiger partial charge on any atom is -0.369 e. The maximum Gasteiger partial charge on any atom is 0.435 e. The maximum absolute atomic E-state index is 13.0. The number of aromatic nitrogens is 3. The molecule has 142 valence electrons. The summed E-state index contributed by atoms with van der Waals surface area (Å²) in [4.78, 5) is 0. The molecule has 6 nitrogen and oxygen atoms in total. The first-order valence-electron chi connectivity index (χ1n) is 8.46. The van der Waals surface area contributed by atoms with Crippen LogP contribution in [0.3, 0.4) is 0 Å². The van der Waals surface area contributed by atoms with Crippen LogP contribution in [0.5, 0.6) is 0 Å². The topological polar surface area (TPSA) is 76.1 Å². The normalized spacial score (nSPS) is 15.7. The number of anilines is 1. The first kappa shape index (κ1) is 17.6. The lowest BCUT2D eigenvalue weighted by Crippen LogP contribution is -2.10. The van der Waals surface area contributed by atoms with Gasteiger partial charge in [0, 0.05) is 17.3 Å². The maximum atomic E-state index is 13.0. The number of aliphatic hydroxyl groups is 1. The van der Waals surface area contributed by atoms with E-state index in [2.05, 4.69) is 15.6 Å². The van der Waals surface area contributed by atoms with Crippen LogP contribution < -0.4 is 5.32 Å². The molecule has 1 atom stereocenters. The molecule has 1 unspecified atom stereocenters. The van der Waals surface area contributed by atoms with E-state index in [1.54, 1.807) is 31.2 Å². The van der Waals surface area contributed by atoms with E-state index >= 15 is 0 Å². The monoisotopic (exact) mass is 378 g/mol. The third-order valence-corrected chi connectivity index (χ3v) is 4.52. The van der Waals surface area contributed by atoms with Crippen LogP contribution in [0.2, 0.25) is 0 Å². The van der Waals surface area contributed by atoms with Crippen LogP contribution >= 0.6 is 0 Å². The summed E-state index contributed by atoms with van der Waals surface area (Å²) in [6.07, 6.45) is -2.33. The van der Waals surface area contributed by atoms with Crippen LogP contribution in [0.1, 0.15) is 47.7 Å². The zero-order valence-electron chi connectivity index (χ0n) is 14.4. The Morgan fingerprint density at radius 2 is 1.96 bits per heavy atom. The predicted molar refractivity (Wildman–Crippen MR) is 90.4 cm³/mol. The molecule has 2 heterocycles. The van der Waals surface area contributed by atoms with Crippen LogP contribution in [0.15, 0.2) is 41.1 Å². The van der Waals surface area contributed by atoms with E-state index in [-0.39, 0.29) is 5.92 Å². The molecular formula is C18H17F3N4O2. The third-order valence-electron chi connectivity index (χ3n) is 4.52. The van der Waals surface area contributed by atoms with Crippen LogP contribution in [0, 0.1) is 6.92 Å². The lowest BCUT2D eigenvalue weighted by molar-refractivity contribution is -0.141. The predicted octanol–water partition coefficient (Wildman–Crippen LogP) is 4.17. The number of benzene rings is 1. The van der Waals surface area contributed by atoms with Gasteiger partial charge in [0.05, 0.1) is 17.4 Å². The molecule has 27 heavy (non-hydrogen) atoms. The Hall–Kier alpha value is -2.81. The Morgan fingerprint density at radius 1 is 1.26 bits per heavy atom. The molecule has 3 aromatic rings. The van der Waals surface area contributed by atoms with Gasteiger partial charge in [0.2, 0.25) is 0 Å². The number of aliphatic hydroxyl groups excluding tert-OH is 1. The van der Waals surface area contributed by atoms with Crippen molar-refractivity contribution >= 4 is 5.69 Å². The van der Waals surface area contributed by atoms with Gasteiger partial charge in [-0.25, -0.2) is 4.68 Å². The van der Waals surface area contributed by atoms with Gasteiger partial charge in [-0.05, 0) is 50.1 Å². The molecule has 9 heteroatoms. The lowest BCUT2D eigenvalue weighted by Gasteiger charge is -2.14. The van der Waals surface area contributed by atoms with Crippen molar-refractivity contribution in [2.45, 2.75) is 38.1 Å². The van der Waals surface area contributed by atoms with E-state index in [0.29, 0.717) is 28.4 Å². The highest BCUT2D eigenvalue weighted by Crippen LogP contribution is 2.43. The molecule has 0 amide bonds. The summed E-state index contributed by atoms with van der Waals surface area (Å²) in [5.74, 6) is 0.613. The second-order valence-corrected chi connectivity index (χ2v) is 6.57. The SMILES string of the molecule is Cc1oncc1C(O)Nc1ccc(-n2nc(C(F)(F)F)cc2C2CC2)cc1. The molecule has 1 aliphatic carbocycles. The summed E-state index contributed by atoms with van der Waals surface area (Å²) in [5, 5.41) is 20.5. The fraction of sp³-hybridized carbons (Fsp3) is 0.333. The molecule has 0 radical (unpaired) electrons. The molecular weight excluding hydrogens is 361 g/mol. The molecule has 0 spiro atoms.